The van der Waals surface area contributed by atoms with Gasteiger partial charge in [0.15, 0.2) is 11.7 Å². The van der Waals surface area contributed by atoms with Gasteiger partial charge in [-0.25, -0.2) is 9.37 Å². The van der Waals surface area contributed by atoms with Gasteiger partial charge in [0.2, 0.25) is 0 Å². The molecule has 0 aliphatic rings. The Labute approximate surface area is 172 Å². The standard InChI is InChI=1S/C23H19FN2O2S/c1-16-7-5-6-10-20(16)28-15-22(27)26(14-17-8-3-2-4-9-17)23-25-19-12-11-18(24)13-21(19)29-23/h2-13H,14-15H2,1H3. The van der Waals surface area contributed by atoms with Gasteiger partial charge >= 0.3 is 0 Å². The molecule has 0 radical (unpaired) electrons. The number of aromatic nitrogens is 1. The number of halogens is 1. The molecule has 29 heavy (non-hydrogen) atoms. The highest BCUT2D eigenvalue weighted by Crippen LogP contribution is 2.30. The molecule has 0 N–H and O–H groups in total. The number of carbonyl (C=O) groups excluding carboxylic acids is 1. The highest BCUT2D eigenvalue weighted by Gasteiger charge is 2.21. The number of carbonyl (C=O) groups is 1. The smallest absolute Gasteiger partial charge is 0.267 e. The molecule has 1 heterocycles. The van der Waals surface area contributed by atoms with E-state index in [2.05, 4.69) is 4.98 Å². The van der Waals surface area contributed by atoms with Crippen molar-refractivity contribution in [3.05, 3.63) is 89.7 Å². The lowest BCUT2D eigenvalue weighted by Crippen LogP contribution is -2.34. The predicted molar refractivity (Wildman–Crippen MR) is 114 cm³/mol. The van der Waals surface area contributed by atoms with Crippen molar-refractivity contribution >= 4 is 32.6 Å². The van der Waals surface area contributed by atoms with Crippen LogP contribution in [0.5, 0.6) is 5.75 Å². The van der Waals surface area contributed by atoms with E-state index in [-0.39, 0.29) is 18.3 Å². The first-order valence-electron chi connectivity index (χ1n) is 9.19. The lowest BCUT2D eigenvalue weighted by Gasteiger charge is -2.20. The maximum atomic E-state index is 13.6. The molecule has 3 aromatic carbocycles. The summed E-state index contributed by atoms with van der Waals surface area (Å²) in [5.41, 5.74) is 2.60. The number of aryl methyl sites for hydroxylation is 1. The van der Waals surface area contributed by atoms with Crippen molar-refractivity contribution in [1.82, 2.24) is 4.98 Å². The Balaban J connectivity index is 1.61. The van der Waals surface area contributed by atoms with E-state index in [1.165, 1.54) is 23.5 Å². The second kappa shape index (κ2) is 8.41. The molecule has 0 unspecified atom stereocenters. The monoisotopic (exact) mass is 406 g/mol. The van der Waals surface area contributed by atoms with Gasteiger partial charge < -0.3 is 4.74 Å². The molecule has 0 spiro atoms. The van der Waals surface area contributed by atoms with Crippen LogP contribution in [0.25, 0.3) is 10.2 Å². The average Bonchev–Trinajstić information content (AvgIpc) is 3.14. The summed E-state index contributed by atoms with van der Waals surface area (Å²) in [5.74, 6) is 0.139. The molecular weight excluding hydrogens is 387 g/mol. The number of anilines is 1. The Bertz CT molecular complexity index is 1140. The van der Waals surface area contributed by atoms with Gasteiger partial charge in [-0.1, -0.05) is 59.9 Å². The first-order valence-corrected chi connectivity index (χ1v) is 10.0. The zero-order chi connectivity index (χ0) is 20.2. The second-order valence-electron chi connectivity index (χ2n) is 6.63. The Morgan fingerprint density at radius 1 is 1.07 bits per heavy atom. The summed E-state index contributed by atoms with van der Waals surface area (Å²) in [7, 11) is 0. The van der Waals surface area contributed by atoms with Crippen molar-refractivity contribution < 1.29 is 13.9 Å². The van der Waals surface area contributed by atoms with Crippen LogP contribution in [0.3, 0.4) is 0 Å². The van der Waals surface area contributed by atoms with Crippen LogP contribution < -0.4 is 9.64 Å². The summed E-state index contributed by atoms with van der Waals surface area (Å²) in [5, 5.41) is 0.521. The van der Waals surface area contributed by atoms with E-state index < -0.39 is 0 Å². The van der Waals surface area contributed by atoms with Crippen LogP contribution in [0.2, 0.25) is 0 Å². The molecule has 0 saturated carbocycles. The Hall–Kier alpha value is -3.25. The number of benzene rings is 3. The Morgan fingerprint density at radius 2 is 1.83 bits per heavy atom. The van der Waals surface area contributed by atoms with E-state index in [0.717, 1.165) is 11.1 Å². The molecule has 0 fully saturated rings. The van der Waals surface area contributed by atoms with Crippen LogP contribution in [-0.4, -0.2) is 17.5 Å². The molecule has 0 saturated heterocycles. The van der Waals surface area contributed by atoms with E-state index in [1.807, 2.05) is 61.5 Å². The second-order valence-corrected chi connectivity index (χ2v) is 7.64. The fourth-order valence-corrected chi connectivity index (χ4v) is 3.97. The minimum atomic E-state index is -0.323. The minimum Gasteiger partial charge on any atom is -0.483 e. The van der Waals surface area contributed by atoms with Crippen LogP contribution in [-0.2, 0) is 11.3 Å². The third-order valence-corrected chi connectivity index (χ3v) is 5.54. The van der Waals surface area contributed by atoms with E-state index in [4.69, 9.17) is 4.74 Å². The number of hydrogen-bond acceptors (Lipinski definition) is 4. The van der Waals surface area contributed by atoms with Crippen molar-refractivity contribution in [1.29, 1.82) is 0 Å². The number of nitrogens with zero attached hydrogens (tertiary/aromatic N) is 2. The summed E-state index contributed by atoms with van der Waals surface area (Å²) in [6.07, 6.45) is 0. The first-order chi connectivity index (χ1) is 14.1. The van der Waals surface area contributed by atoms with Crippen molar-refractivity contribution in [2.75, 3.05) is 11.5 Å². The Morgan fingerprint density at radius 3 is 2.62 bits per heavy atom. The quantitative estimate of drug-likeness (QED) is 0.433. The number of para-hydroxylation sites is 1. The summed E-state index contributed by atoms with van der Waals surface area (Å²) in [4.78, 5) is 19.2. The minimum absolute atomic E-state index is 0.109. The molecule has 0 atom stereocenters. The fraction of sp³-hybridized carbons (Fsp3) is 0.130. The third kappa shape index (κ3) is 4.43. The molecule has 146 valence electrons. The maximum absolute atomic E-state index is 13.6. The number of ether oxygens (including phenoxy) is 1. The fourth-order valence-electron chi connectivity index (χ4n) is 2.97. The summed E-state index contributed by atoms with van der Waals surface area (Å²) >= 11 is 1.29. The lowest BCUT2D eigenvalue weighted by atomic mass is 10.2. The summed E-state index contributed by atoms with van der Waals surface area (Å²) in [6.45, 7) is 2.19. The van der Waals surface area contributed by atoms with E-state index in [9.17, 15) is 9.18 Å². The largest absolute Gasteiger partial charge is 0.483 e. The molecule has 4 nitrogen and oxygen atoms in total. The summed E-state index contributed by atoms with van der Waals surface area (Å²) in [6, 6.07) is 21.7. The van der Waals surface area contributed by atoms with E-state index in [1.54, 1.807) is 11.0 Å². The predicted octanol–water partition coefficient (Wildman–Crippen LogP) is 5.36. The molecule has 1 aromatic heterocycles. The Kier molecular flexibility index (Phi) is 5.53. The first kappa shape index (κ1) is 19.1. The van der Waals surface area contributed by atoms with Gasteiger partial charge in [-0.2, -0.15) is 0 Å². The van der Waals surface area contributed by atoms with Gasteiger partial charge in [0, 0.05) is 0 Å². The number of fused-ring (bicyclic) bond motifs is 1. The average molecular weight is 406 g/mol. The molecule has 0 bridgehead atoms. The van der Waals surface area contributed by atoms with Gasteiger partial charge in [-0.3, -0.25) is 9.69 Å². The normalized spacial score (nSPS) is 10.8. The molecule has 0 aliphatic carbocycles. The van der Waals surface area contributed by atoms with Crippen LogP contribution in [0.1, 0.15) is 11.1 Å². The van der Waals surface area contributed by atoms with Gasteiger partial charge in [0.25, 0.3) is 5.91 Å². The molecule has 6 heteroatoms. The van der Waals surface area contributed by atoms with Crippen LogP contribution in [0, 0.1) is 12.7 Å². The molecule has 1 amide bonds. The van der Waals surface area contributed by atoms with Crippen LogP contribution in [0.15, 0.2) is 72.8 Å². The molecule has 4 aromatic rings. The number of rotatable bonds is 6. The molecular formula is C23H19FN2O2S. The van der Waals surface area contributed by atoms with Gasteiger partial charge in [-0.05, 0) is 42.3 Å². The van der Waals surface area contributed by atoms with Crippen molar-refractivity contribution in [3.63, 3.8) is 0 Å². The zero-order valence-corrected chi connectivity index (χ0v) is 16.7. The van der Waals surface area contributed by atoms with Gasteiger partial charge in [0.1, 0.15) is 11.6 Å². The molecule has 4 rings (SSSR count). The van der Waals surface area contributed by atoms with Gasteiger partial charge in [0.05, 0.1) is 16.8 Å². The molecule has 0 aliphatic heterocycles. The maximum Gasteiger partial charge on any atom is 0.267 e. The van der Waals surface area contributed by atoms with E-state index >= 15 is 0 Å². The number of hydrogen-bond donors (Lipinski definition) is 0. The number of amides is 1. The zero-order valence-electron chi connectivity index (χ0n) is 15.8. The van der Waals surface area contributed by atoms with Crippen molar-refractivity contribution in [2.45, 2.75) is 13.5 Å². The highest BCUT2D eigenvalue weighted by molar-refractivity contribution is 7.22. The summed E-state index contributed by atoms with van der Waals surface area (Å²) < 4.78 is 20.0. The third-order valence-electron chi connectivity index (χ3n) is 4.50. The SMILES string of the molecule is Cc1ccccc1OCC(=O)N(Cc1ccccc1)c1nc2ccc(F)cc2s1. The van der Waals surface area contributed by atoms with Crippen molar-refractivity contribution in [3.8, 4) is 5.75 Å². The van der Waals surface area contributed by atoms with Crippen molar-refractivity contribution in [2.24, 2.45) is 0 Å². The van der Waals surface area contributed by atoms with E-state index in [0.29, 0.717) is 27.6 Å². The highest BCUT2D eigenvalue weighted by atomic mass is 32.1. The lowest BCUT2D eigenvalue weighted by molar-refractivity contribution is -0.120. The van der Waals surface area contributed by atoms with Crippen LogP contribution >= 0.6 is 11.3 Å². The topological polar surface area (TPSA) is 42.4 Å². The number of thiazole rings is 1. The van der Waals surface area contributed by atoms with Gasteiger partial charge in [-0.15, -0.1) is 0 Å². The van der Waals surface area contributed by atoms with Crippen LogP contribution in [0.4, 0.5) is 9.52 Å².